The van der Waals surface area contributed by atoms with Gasteiger partial charge in [0.05, 0.1) is 18.8 Å². The van der Waals surface area contributed by atoms with Crippen LogP contribution in [0.15, 0.2) is 23.3 Å². The summed E-state index contributed by atoms with van der Waals surface area (Å²) in [6.07, 6.45) is 9.45. The predicted molar refractivity (Wildman–Crippen MR) is 81.6 cm³/mol. The number of hydrogen-bond donors (Lipinski definition) is 0. The van der Waals surface area contributed by atoms with E-state index in [0.717, 1.165) is 37.7 Å². The van der Waals surface area contributed by atoms with E-state index in [1.807, 2.05) is 6.92 Å². The van der Waals surface area contributed by atoms with Gasteiger partial charge in [-0.1, -0.05) is 24.1 Å². The molecule has 0 aromatic rings. The van der Waals surface area contributed by atoms with Gasteiger partial charge in [-0.3, -0.25) is 0 Å². The number of carbonyl (C=O) groups excluding carboxylic acids is 1. The van der Waals surface area contributed by atoms with E-state index in [-0.39, 0.29) is 11.6 Å². The Morgan fingerprint density at radius 2 is 2.00 bits per heavy atom. The summed E-state index contributed by atoms with van der Waals surface area (Å²) in [7, 11) is 1.40. The standard InChI is InChI=1S/C17H28O3/c1-6-17(4)15(20-17)11-10-13(2)8-7-9-14(3)12-16(18)19-5/h8,12,15H,6-7,9-11H2,1-5H3/b13-8+,14-12+/t15-,17+/m0/s1. The Hall–Kier alpha value is -1.09. The highest BCUT2D eigenvalue weighted by atomic mass is 16.6. The first-order chi connectivity index (χ1) is 9.41. The lowest BCUT2D eigenvalue weighted by molar-refractivity contribution is -0.134. The van der Waals surface area contributed by atoms with Crippen LogP contribution in [-0.4, -0.2) is 24.8 Å². The smallest absolute Gasteiger partial charge is 0.330 e. The molecular formula is C17H28O3. The van der Waals surface area contributed by atoms with Gasteiger partial charge in [0.1, 0.15) is 0 Å². The number of esters is 1. The van der Waals surface area contributed by atoms with Gasteiger partial charge in [-0.05, 0) is 52.9 Å². The second-order valence-electron chi connectivity index (χ2n) is 5.91. The van der Waals surface area contributed by atoms with E-state index in [0.29, 0.717) is 6.10 Å². The number of rotatable bonds is 8. The van der Waals surface area contributed by atoms with Crippen LogP contribution >= 0.6 is 0 Å². The lowest BCUT2D eigenvalue weighted by atomic mass is 9.99. The van der Waals surface area contributed by atoms with E-state index in [4.69, 9.17) is 4.74 Å². The number of epoxide rings is 1. The van der Waals surface area contributed by atoms with Crippen molar-refractivity contribution in [3.8, 4) is 0 Å². The second kappa shape index (κ2) is 7.63. The molecule has 0 radical (unpaired) electrons. The topological polar surface area (TPSA) is 38.8 Å². The van der Waals surface area contributed by atoms with Crippen LogP contribution in [0.2, 0.25) is 0 Å². The van der Waals surface area contributed by atoms with E-state index in [1.165, 1.54) is 12.7 Å². The molecule has 1 fully saturated rings. The molecule has 1 aliphatic rings. The van der Waals surface area contributed by atoms with Crippen LogP contribution in [0.3, 0.4) is 0 Å². The molecule has 1 heterocycles. The van der Waals surface area contributed by atoms with Crippen molar-refractivity contribution < 1.29 is 14.3 Å². The van der Waals surface area contributed by atoms with E-state index in [9.17, 15) is 4.79 Å². The zero-order valence-electron chi connectivity index (χ0n) is 13.5. The normalized spacial score (nSPS) is 26.6. The molecule has 114 valence electrons. The van der Waals surface area contributed by atoms with Crippen LogP contribution in [-0.2, 0) is 14.3 Å². The molecule has 0 N–H and O–H groups in total. The fraction of sp³-hybridized carbons (Fsp3) is 0.706. The highest BCUT2D eigenvalue weighted by molar-refractivity contribution is 5.82. The van der Waals surface area contributed by atoms with E-state index in [2.05, 4.69) is 31.6 Å². The van der Waals surface area contributed by atoms with Crippen molar-refractivity contribution in [1.29, 1.82) is 0 Å². The van der Waals surface area contributed by atoms with Crippen molar-refractivity contribution in [2.24, 2.45) is 0 Å². The van der Waals surface area contributed by atoms with Gasteiger partial charge in [0.15, 0.2) is 0 Å². The SMILES string of the molecule is CC[C@@]1(C)O[C@H]1CC/C(C)=C/CC/C(C)=C/C(=O)OC. The summed E-state index contributed by atoms with van der Waals surface area (Å²) >= 11 is 0. The Kier molecular flexibility index (Phi) is 6.47. The molecule has 0 amide bonds. The fourth-order valence-corrected chi connectivity index (χ4v) is 2.31. The molecular weight excluding hydrogens is 252 g/mol. The highest BCUT2D eigenvalue weighted by Crippen LogP contribution is 2.42. The van der Waals surface area contributed by atoms with E-state index < -0.39 is 0 Å². The van der Waals surface area contributed by atoms with Crippen LogP contribution in [0.1, 0.15) is 59.8 Å². The van der Waals surface area contributed by atoms with Gasteiger partial charge in [-0.2, -0.15) is 0 Å². The molecule has 20 heavy (non-hydrogen) atoms. The Morgan fingerprint density at radius 1 is 1.30 bits per heavy atom. The number of ether oxygens (including phenoxy) is 2. The maximum absolute atomic E-state index is 11.1. The van der Waals surface area contributed by atoms with Gasteiger partial charge in [0, 0.05) is 6.08 Å². The highest BCUT2D eigenvalue weighted by Gasteiger charge is 2.49. The van der Waals surface area contributed by atoms with Gasteiger partial charge in [0.25, 0.3) is 0 Å². The summed E-state index contributed by atoms with van der Waals surface area (Å²) in [5.41, 5.74) is 2.61. The minimum Gasteiger partial charge on any atom is -0.466 e. The summed E-state index contributed by atoms with van der Waals surface area (Å²) in [4.78, 5) is 11.1. The van der Waals surface area contributed by atoms with Crippen molar-refractivity contribution >= 4 is 5.97 Å². The first-order valence-corrected chi connectivity index (χ1v) is 7.50. The third kappa shape index (κ3) is 5.49. The van der Waals surface area contributed by atoms with Gasteiger partial charge >= 0.3 is 5.97 Å². The van der Waals surface area contributed by atoms with Gasteiger partial charge in [0.2, 0.25) is 0 Å². The predicted octanol–water partition coefficient (Wildman–Crippen LogP) is 4.18. The largest absolute Gasteiger partial charge is 0.466 e. The quantitative estimate of drug-likeness (QED) is 0.290. The van der Waals surface area contributed by atoms with Gasteiger partial charge in [-0.25, -0.2) is 4.79 Å². The summed E-state index contributed by atoms with van der Waals surface area (Å²) in [6, 6.07) is 0. The molecule has 2 atom stereocenters. The van der Waals surface area contributed by atoms with E-state index >= 15 is 0 Å². The van der Waals surface area contributed by atoms with Crippen molar-refractivity contribution in [2.75, 3.05) is 7.11 Å². The Bertz CT molecular complexity index is 395. The van der Waals surface area contributed by atoms with Crippen molar-refractivity contribution in [2.45, 2.75) is 71.5 Å². The molecule has 1 saturated heterocycles. The minimum absolute atomic E-state index is 0.139. The van der Waals surface area contributed by atoms with Crippen LogP contribution in [0.4, 0.5) is 0 Å². The Balaban J connectivity index is 2.22. The molecule has 1 rings (SSSR count). The van der Waals surface area contributed by atoms with Crippen LogP contribution in [0, 0.1) is 0 Å². The fourth-order valence-electron chi connectivity index (χ4n) is 2.31. The lowest BCUT2D eigenvalue weighted by Crippen LogP contribution is -2.07. The maximum atomic E-state index is 11.1. The molecule has 0 saturated carbocycles. The molecule has 3 heteroatoms. The third-order valence-electron chi connectivity index (χ3n) is 4.14. The van der Waals surface area contributed by atoms with Crippen molar-refractivity contribution in [3.63, 3.8) is 0 Å². The lowest BCUT2D eigenvalue weighted by Gasteiger charge is -2.03. The molecule has 3 nitrogen and oxygen atoms in total. The molecule has 0 aromatic heterocycles. The average Bonchev–Trinajstić information content (AvgIpc) is 3.08. The summed E-state index contributed by atoms with van der Waals surface area (Å²) < 4.78 is 10.3. The summed E-state index contributed by atoms with van der Waals surface area (Å²) in [5, 5.41) is 0. The number of allylic oxidation sites excluding steroid dienone is 3. The molecule has 0 aromatic carbocycles. The molecule has 0 bridgehead atoms. The number of carbonyl (C=O) groups is 1. The zero-order chi connectivity index (χ0) is 15.2. The number of methoxy groups -OCH3 is 1. The molecule has 0 unspecified atom stereocenters. The zero-order valence-corrected chi connectivity index (χ0v) is 13.5. The molecule has 1 aliphatic heterocycles. The van der Waals surface area contributed by atoms with Crippen molar-refractivity contribution in [3.05, 3.63) is 23.3 Å². The van der Waals surface area contributed by atoms with Crippen LogP contribution in [0.25, 0.3) is 0 Å². The van der Waals surface area contributed by atoms with Crippen molar-refractivity contribution in [1.82, 2.24) is 0 Å². The Labute approximate surface area is 123 Å². The average molecular weight is 280 g/mol. The number of hydrogen-bond acceptors (Lipinski definition) is 3. The van der Waals surface area contributed by atoms with E-state index in [1.54, 1.807) is 6.08 Å². The van der Waals surface area contributed by atoms with Crippen LogP contribution < -0.4 is 0 Å². The molecule has 0 spiro atoms. The maximum Gasteiger partial charge on any atom is 0.330 e. The monoisotopic (exact) mass is 280 g/mol. The minimum atomic E-state index is -0.270. The van der Waals surface area contributed by atoms with Crippen LogP contribution in [0.5, 0.6) is 0 Å². The first kappa shape index (κ1) is 17.0. The summed E-state index contributed by atoms with van der Waals surface area (Å²) in [6.45, 7) is 8.51. The summed E-state index contributed by atoms with van der Waals surface area (Å²) in [5.74, 6) is -0.270. The van der Waals surface area contributed by atoms with Gasteiger partial charge < -0.3 is 9.47 Å². The second-order valence-corrected chi connectivity index (χ2v) is 5.91. The first-order valence-electron chi connectivity index (χ1n) is 7.50. The Morgan fingerprint density at radius 3 is 2.55 bits per heavy atom. The molecule has 0 aliphatic carbocycles. The van der Waals surface area contributed by atoms with Gasteiger partial charge in [-0.15, -0.1) is 0 Å². The third-order valence-corrected chi connectivity index (χ3v) is 4.14.